The van der Waals surface area contributed by atoms with Crippen molar-refractivity contribution in [3.05, 3.63) is 66.5 Å². The van der Waals surface area contributed by atoms with Gasteiger partial charge in [0.1, 0.15) is 17.2 Å². The van der Waals surface area contributed by atoms with Crippen LogP contribution in [0.15, 0.2) is 60.8 Å². The number of carbonyl (C=O) groups is 1. The van der Waals surface area contributed by atoms with E-state index in [9.17, 15) is 4.79 Å². The highest BCUT2D eigenvalue weighted by Crippen LogP contribution is 2.25. The minimum absolute atomic E-state index is 0.0363. The number of benzene rings is 2. The van der Waals surface area contributed by atoms with E-state index < -0.39 is 5.97 Å². The SMILES string of the molecule is O=C(O)c1cc2ccc(Oc3ccccc3)cc2cn1. The molecule has 0 spiro atoms. The Morgan fingerprint density at radius 1 is 0.950 bits per heavy atom. The lowest BCUT2D eigenvalue weighted by Crippen LogP contribution is -1.99. The number of pyridine rings is 1. The number of hydrogen-bond donors (Lipinski definition) is 1. The monoisotopic (exact) mass is 265 g/mol. The zero-order valence-electron chi connectivity index (χ0n) is 10.5. The van der Waals surface area contributed by atoms with Gasteiger partial charge in [0.15, 0.2) is 0 Å². The van der Waals surface area contributed by atoms with Crippen LogP contribution in [0.5, 0.6) is 11.5 Å². The van der Waals surface area contributed by atoms with Gasteiger partial charge in [-0.05, 0) is 35.7 Å². The van der Waals surface area contributed by atoms with Crippen LogP contribution in [0.25, 0.3) is 10.8 Å². The molecule has 3 rings (SSSR count). The van der Waals surface area contributed by atoms with Crippen molar-refractivity contribution in [3.63, 3.8) is 0 Å². The molecular weight excluding hydrogens is 254 g/mol. The fourth-order valence-corrected chi connectivity index (χ4v) is 1.92. The first kappa shape index (κ1) is 12.2. The van der Waals surface area contributed by atoms with Gasteiger partial charge in [-0.25, -0.2) is 9.78 Å². The molecular formula is C16H11NO3. The summed E-state index contributed by atoms with van der Waals surface area (Å²) in [5, 5.41) is 10.6. The molecule has 98 valence electrons. The third-order valence-electron chi connectivity index (χ3n) is 2.89. The number of fused-ring (bicyclic) bond motifs is 1. The number of carboxylic acids is 1. The van der Waals surface area contributed by atoms with Gasteiger partial charge in [-0.1, -0.05) is 24.3 Å². The third-order valence-corrected chi connectivity index (χ3v) is 2.89. The van der Waals surface area contributed by atoms with E-state index in [2.05, 4.69) is 4.98 Å². The molecule has 1 aromatic heterocycles. The second kappa shape index (κ2) is 5.01. The first-order valence-corrected chi connectivity index (χ1v) is 6.08. The van der Waals surface area contributed by atoms with Crippen LogP contribution in [0.4, 0.5) is 0 Å². The number of carboxylic acid groups (broad SMARTS) is 1. The normalized spacial score (nSPS) is 10.4. The van der Waals surface area contributed by atoms with Crippen LogP contribution in [-0.2, 0) is 0 Å². The summed E-state index contributed by atoms with van der Waals surface area (Å²) in [5.74, 6) is 0.409. The maximum absolute atomic E-state index is 10.9. The van der Waals surface area contributed by atoms with Crippen LogP contribution in [-0.4, -0.2) is 16.1 Å². The summed E-state index contributed by atoms with van der Waals surface area (Å²) in [6, 6.07) is 16.5. The molecule has 0 saturated carbocycles. The van der Waals surface area contributed by atoms with E-state index in [0.29, 0.717) is 5.75 Å². The molecule has 0 aliphatic carbocycles. The second-order valence-electron chi connectivity index (χ2n) is 4.30. The van der Waals surface area contributed by atoms with Crippen LogP contribution < -0.4 is 4.74 Å². The summed E-state index contributed by atoms with van der Waals surface area (Å²) in [5.41, 5.74) is 0.0363. The van der Waals surface area contributed by atoms with E-state index in [-0.39, 0.29) is 5.69 Å². The first-order chi connectivity index (χ1) is 9.72. The van der Waals surface area contributed by atoms with Crippen molar-refractivity contribution in [1.29, 1.82) is 0 Å². The van der Waals surface area contributed by atoms with Crippen LogP contribution >= 0.6 is 0 Å². The Labute approximate surface area is 115 Å². The summed E-state index contributed by atoms with van der Waals surface area (Å²) in [6.45, 7) is 0. The van der Waals surface area contributed by atoms with Crippen molar-refractivity contribution in [2.45, 2.75) is 0 Å². The van der Waals surface area contributed by atoms with Gasteiger partial charge in [0, 0.05) is 11.6 Å². The molecule has 0 aliphatic heterocycles. The van der Waals surface area contributed by atoms with Crippen molar-refractivity contribution >= 4 is 16.7 Å². The maximum atomic E-state index is 10.9. The molecule has 0 radical (unpaired) electrons. The highest BCUT2D eigenvalue weighted by atomic mass is 16.5. The number of hydrogen-bond acceptors (Lipinski definition) is 3. The van der Waals surface area contributed by atoms with Gasteiger partial charge in [0.2, 0.25) is 0 Å². The third kappa shape index (κ3) is 2.44. The van der Waals surface area contributed by atoms with Gasteiger partial charge in [-0.3, -0.25) is 0 Å². The fourth-order valence-electron chi connectivity index (χ4n) is 1.92. The summed E-state index contributed by atoms with van der Waals surface area (Å²) >= 11 is 0. The smallest absolute Gasteiger partial charge is 0.354 e. The average Bonchev–Trinajstić information content (AvgIpc) is 2.47. The van der Waals surface area contributed by atoms with Crippen LogP contribution in [0.2, 0.25) is 0 Å². The maximum Gasteiger partial charge on any atom is 0.354 e. The Morgan fingerprint density at radius 3 is 2.50 bits per heavy atom. The van der Waals surface area contributed by atoms with E-state index in [1.165, 1.54) is 6.20 Å². The van der Waals surface area contributed by atoms with Crippen LogP contribution in [0.1, 0.15) is 10.5 Å². The summed E-state index contributed by atoms with van der Waals surface area (Å²) in [4.78, 5) is 14.8. The van der Waals surface area contributed by atoms with E-state index in [1.807, 2.05) is 42.5 Å². The van der Waals surface area contributed by atoms with E-state index in [1.54, 1.807) is 12.1 Å². The number of nitrogens with zero attached hydrogens (tertiary/aromatic N) is 1. The Balaban J connectivity index is 1.95. The van der Waals surface area contributed by atoms with Crippen molar-refractivity contribution in [2.24, 2.45) is 0 Å². The van der Waals surface area contributed by atoms with Gasteiger partial charge in [-0.15, -0.1) is 0 Å². The number of rotatable bonds is 3. The molecule has 0 aliphatic rings. The molecule has 20 heavy (non-hydrogen) atoms. The molecule has 3 aromatic rings. The Morgan fingerprint density at radius 2 is 1.75 bits per heavy atom. The lowest BCUT2D eigenvalue weighted by Gasteiger charge is -2.06. The molecule has 4 nitrogen and oxygen atoms in total. The topological polar surface area (TPSA) is 59.4 Å². The second-order valence-corrected chi connectivity index (χ2v) is 4.30. The van der Waals surface area contributed by atoms with Crippen LogP contribution in [0.3, 0.4) is 0 Å². The summed E-state index contributed by atoms with van der Waals surface area (Å²) < 4.78 is 5.72. The number of para-hydroxylation sites is 1. The molecule has 1 heterocycles. The fraction of sp³-hybridized carbons (Fsp3) is 0. The van der Waals surface area contributed by atoms with Gasteiger partial charge in [0.25, 0.3) is 0 Å². The minimum Gasteiger partial charge on any atom is -0.477 e. The van der Waals surface area contributed by atoms with Crippen LogP contribution in [0, 0.1) is 0 Å². The Hall–Kier alpha value is -2.88. The van der Waals surface area contributed by atoms with Gasteiger partial charge in [0.05, 0.1) is 0 Å². The standard InChI is InChI=1S/C16H11NO3/c18-16(19)15-9-11-6-7-14(8-12(11)10-17-15)20-13-4-2-1-3-5-13/h1-10H,(H,18,19). The lowest BCUT2D eigenvalue weighted by molar-refractivity contribution is 0.0690. The van der Waals surface area contributed by atoms with Gasteiger partial charge >= 0.3 is 5.97 Å². The van der Waals surface area contributed by atoms with E-state index in [0.717, 1.165) is 16.5 Å². The number of aromatic carboxylic acids is 1. The zero-order valence-corrected chi connectivity index (χ0v) is 10.5. The largest absolute Gasteiger partial charge is 0.477 e. The number of aromatic nitrogens is 1. The molecule has 2 aromatic carbocycles. The van der Waals surface area contributed by atoms with Crippen molar-refractivity contribution < 1.29 is 14.6 Å². The van der Waals surface area contributed by atoms with Crippen molar-refractivity contribution in [2.75, 3.05) is 0 Å². The Kier molecular flexibility index (Phi) is 3.05. The van der Waals surface area contributed by atoms with E-state index >= 15 is 0 Å². The van der Waals surface area contributed by atoms with Gasteiger partial charge < -0.3 is 9.84 Å². The lowest BCUT2D eigenvalue weighted by atomic mass is 10.1. The van der Waals surface area contributed by atoms with Gasteiger partial charge in [-0.2, -0.15) is 0 Å². The Bertz CT molecular complexity index is 769. The minimum atomic E-state index is -1.03. The molecule has 4 heteroatoms. The highest BCUT2D eigenvalue weighted by molar-refractivity contribution is 5.92. The molecule has 0 bridgehead atoms. The summed E-state index contributed by atoms with van der Waals surface area (Å²) in [6.07, 6.45) is 1.54. The average molecular weight is 265 g/mol. The zero-order chi connectivity index (χ0) is 13.9. The first-order valence-electron chi connectivity index (χ1n) is 6.08. The molecule has 1 N–H and O–H groups in total. The van der Waals surface area contributed by atoms with E-state index in [4.69, 9.17) is 9.84 Å². The molecule has 0 unspecified atom stereocenters. The molecule has 0 atom stereocenters. The quantitative estimate of drug-likeness (QED) is 0.784. The molecule has 0 amide bonds. The van der Waals surface area contributed by atoms with Crippen molar-refractivity contribution in [1.82, 2.24) is 4.98 Å². The number of ether oxygens (including phenoxy) is 1. The molecule has 0 saturated heterocycles. The van der Waals surface area contributed by atoms with Crippen molar-refractivity contribution in [3.8, 4) is 11.5 Å². The predicted molar refractivity (Wildman–Crippen MR) is 75.2 cm³/mol. The predicted octanol–water partition coefficient (Wildman–Crippen LogP) is 3.73. The molecule has 0 fully saturated rings. The summed E-state index contributed by atoms with van der Waals surface area (Å²) in [7, 11) is 0. The highest BCUT2D eigenvalue weighted by Gasteiger charge is 2.06.